The lowest BCUT2D eigenvalue weighted by atomic mass is 10.2. The second kappa shape index (κ2) is 7.94. The van der Waals surface area contributed by atoms with E-state index in [1.54, 1.807) is 30.3 Å². The van der Waals surface area contributed by atoms with Gasteiger partial charge in [0.25, 0.3) is 5.91 Å². The standard InChI is InChI=1S/C17H17ClN2O2S/c1-3-22-13-7-4-6-12(10-13)16(21)20-17(23)19-15-9-5-8-14(18)11(15)2/h4-10H,3H2,1-2H3,(H2,19,20,21,23). The molecule has 0 saturated heterocycles. The van der Waals surface area contributed by atoms with E-state index < -0.39 is 0 Å². The average Bonchev–Trinajstić information content (AvgIpc) is 2.52. The van der Waals surface area contributed by atoms with Crippen molar-refractivity contribution in [3.63, 3.8) is 0 Å². The molecule has 0 fully saturated rings. The van der Waals surface area contributed by atoms with Gasteiger partial charge >= 0.3 is 0 Å². The molecule has 2 N–H and O–H groups in total. The number of hydrogen-bond donors (Lipinski definition) is 2. The maximum absolute atomic E-state index is 12.2. The molecule has 0 atom stereocenters. The Morgan fingerprint density at radius 2 is 2.00 bits per heavy atom. The number of rotatable bonds is 4. The monoisotopic (exact) mass is 348 g/mol. The van der Waals surface area contributed by atoms with Crippen molar-refractivity contribution in [2.45, 2.75) is 13.8 Å². The minimum Gasteiger partial charge on any atom is -0.494 e. The lowest BCUT2D eigenvalue weighted by molar-refractivity contribution is 0.0977. The first-order valence-corrected chi connectivity index (χ1v) is 7.90. The number of ether oxygens (including phenoxy) is 1. The summed E-state index contributed by atoms with van der Waals surface area (Å²) in [5.41, 5.74) is 2.10. The van der Waals surface area contributed by atoms with Crippen molar-refractivity contribution in [3.05, 3.63) is 58.6 Å². The molecule has 0 radical (unpaired) electrons. The van der Waals surface area contributed by atoms with E-state index in [0.717, 1.165) is 11.3 Å². The summed E-state index contributed by atoms with van der Waals surface area (Å²) in [5, 5.41) is 6.46. The van der Waals surface area contributed by atoms with E-state index in [-0.39, 0.29) is 11.0 Å². The van der Waals surface area contributed by atoms with Gasteiger partial charge in [-0.2, -0.15) is 0 Å². The van der Waals surface area contributed by atoms with Crippen LogP contribution in [0.2, 0.25) is 5.02 Å². The summed E-state index contributed by atoms with van der Waals surface area (Å²) in [4.78, 5) is 12.2. The molecule has 0 bridgehead atoms. The number of nitrogens with one attached hydrogen (secondary N) is 2. The van der Waals surface area contributed by atoms with Crippen LogP contribution in [-0.2, 0) is 0 Å². The van der Waals surface area contributed by atoms with E-state index >= 15 is 0 Å². The molecule has 0 aliphatic rings. The SMILES string of the molecule is CCOc1cccc(C(=O)NC(=S)Nc2cccc(Cl)c2C)c1. The van der Waals surface area contributed by atoms with Crippen LogP contribution >= 0.6 is 23.8 Å². The van der Waals surface area contributed by atoms with Crippen molar-refractivity contribution < 1.29 is 9.53 Å². The minimum atomic E-state index is -0.302. The first kappa shape index (κ1) is 17.2. The molecule has 1 amide bonds. The molecular weight excluding hydrogens is 332 g/mol. The predicted octanol–water partition coefficient (Wildman–Crippen LogP) is 4.17. The highest BCUT2D eigenvalue weighted by Gasteiger charge is 2.10. The van der Waals surface area contributed by atoms with Crippen LogP contribution in [0.15, 0.2) is 42.5 Å². The van der Waals surface area contributed by atoms with Gasteiger partial charge in [-0.1, -0.05) is 23.7 Å². The van der Waals surface area contributed by atoms with Crippen LogP contribution in [0.5, 0.6) is 5.75 Å². The first-order chi connectivity index (χ1) is 11.0. The van der Waals surface area contributed by atoms with Crippen LogP contribution in [0.4, 0.5) is 5.69 Å². The Hall–Kier alpha value is -2.11. The third-order valence-electron chi connectivity index (χ3n) is 3.15. The maximum Gasteiger partial charge on any atom is 0.257 e. The predicted molar refractivity (Wildman–Crippen MR) is 97.5 cm³/mol. The smallest absolute Gasteiger partial charge is 0.257 e. The lowest BCUT2D eigenvalue weighted by Crippen LogP contribution is -2.34. The van der Waals surface area contributed by atoms with Crippen LogP contribution in [0, 0.1) is 6.92 Å². The van der Waals surface area contributed by atoms with E-state index in [1.807, 2.05) is 26.0 Å². The molecule has 0 heterocycles. The van der Waals surface area contributed by atoms with Gasteiger partial charge in [-0.05, 0) is 62.0 Å². The highest BCUT2D eigenvalue weighted by Crippen LogP contribution is 2.22. The summed E-state index contributed by atoms with van der Waals surface area (Å²) in [6.07, 6.45) is 0. The van der Waals surface area contributed by atoms with Crippen molar-refractivity contribution in [3.8, 4) is 5.75 Å². The van der Waals surface area contributed by atoms with Crippen LogP contribution in [0.25, 0.3) is 0 Å². The number of anilines is 1. The van der Waals surface area contributed by atoms with Gasteiger partial charge in [0.1, 0.15) is 5.75 Å². The van der Waals surface area contributed by atoms with Crippen LogP contribution in [0.3, 0.4) is 0 Å². The van der Waals surface area contributed by atoms with Gasteiger partial charge in [-0.3, -0.25) is 10.1 Å². The van der Waals surface area contributed by atoms with Gasteiger partial charge in [0.2, 0.25) is 0 Å². The summed E-state index contributed by atoms with van der Waals surface area (Å²) < 4.78 is 5.38. The fourth-order valence-electron chi connectivity index (χ4n) is 1.97. The van der Waals surface area contributed by atoms with Crippen LogP contribution < -0.4 is 15.4 Å². The second-order valence-electron chi connectivity index (χ2n) is 4.78. The number of thiocarbonyl (C=S) groups is 1. The van der Waals surface area contributed by atoms with Gasteiger partial charge in [-0.15, -0.1) is 0 Å². The Bertz CT molecular complexity index is 734. The Morgan fingerprint density at radius 3 is 2.74 bits per heavy atom. The zero-order valence-corrected chi connectivity index (χ0v) is 14.4. The number of amides is 1. The van der Waals surface area contributed by atoms with E-state index in [2.05, 4.69) is 10.6 Å². The quantitative estimate of drug-likeness (QED) is 0.814. The van der Waals surface area contributed by atoms with Crippen molar-refractivity contribution in [1.82, 2.24) is 5.32 Å². The lowest BCUT2D eigenvalue weighted by Gasteiger charge is -2.13. The van der Waals surface area contributed by atoms with Crippen LogP contribution in [-0.4, -0.2) is 17.6 Å². The van der Waals surface area contributed by atoms with E-state index in [4.69, 9.17) is 28.6 Å². The highest BCUT2D eigenvalue weighted by molar-refractivity contribution is 7.80. The number of carbonyl (C=O) groups excluding carboxylic acids is 1. The fourth-order valence-corrected chi connectivity index (χ4v) is 2.34. The Kier molecular flexibility index (Phi) is 5.96. The molecule has 2 aromatic carbocycles. The topological polar surface area (TPSA) is 50.4 Å². The molecule has 6 heteroatoms. The summed E-state index contributed by atoms with van der Waals surface area (Å²) in [6, 6.07) is 12.4. The number of halogens is 1. The third-order valence-corrected chi connectivity index (χ3v) is 3.76. The Morgan fingerprint density at radius 1 is 1.26 bits per heavy atom. The Balaban J connectivity index is 2.03. The third kappa shape index (κ3) is 4.68. The minimum absolute atomic E-state index is 0.210. The van der Waals surface area contributed by atoms with Gasteiger partial charge in [0.15, 0.2) is 5.11 Å². The maximum atomic E-state index is 12.2. The zero-order valence-electron chi connectivity index (χ0n) is 12.9. The molecule has 0 saturated carbocycles. The van der Waals surface area contributed by atoms with Gasteiger partial charge in [0.05, 0.1) is 6.61 Å². The molecule has 23 heavy (non-hydrogen) atoms. The van der Waals surface area contributed by atoms with E-state index in [0.29, 0.717) is 22.9 Å². The molecular formula is C17H17ClN2O2S. The number of hydrogen-bond acceptors (Lipinski definition) is 3. The molecule has 120 valence electrons. The molecule has 0 aliphatic heterocycles. The summed E-state index contributed by atoms with van der Waals surface area (Å²) in [6.45, 7) is 4.30. The summed E-state index contributed by atoms with van der Waals surface area (Å²) in [7, 11) is 0. The van der Waals surface area contributed by atoms with Crippen molar-refractivity contribution in [1.29, 1.82) is 0 Å². The molecule has 0 spiro atoms. The van der Waals surface area contributed by atoms with E-state index in [1.165, 1.54) is 0 Å². The number of benzene rings is 2. The summed E-state index contributed by atoms with van der Waals surface area (Å²) in [5.74, 6) is 0.341. The summed E-state index contributed by atoms with van der Waals surface area (Å²) >= 11 is 11.2. The fraction of sp³-hybridized carbons (Fsp3) is 0.176. The van der Waals surface area contributed by atoms with Gasteiger partial charge in [-0.25, -0.2) is 0 Å². The normalized spacial score (nSPS) is 10.0. The second-order valence-corrected chi connectivity index (χ2v) is 5.60. The highest BCUT2D eigenvalue weighted by atomic mass is 35.5. The largest absolute Gasteiger partial charge is 0.494 e. The van der Waals surface area contributed by atoms with Gasteiger partial charge < -0.3 is 10.1 Å². The average molecular weight is 349 g/mol. The first-order valence-electron chi connectivity index (χ1n) is 7.11. The van der Waals surface area contributed by atoms with Crippen LogP contribution in [0.1, 0.15) is 22.8 Å². The molecule has 0 unspecified atom stereocenters. The van der Waals surface area contributed by atoms with E-state index in [9.17, 15) is 4.79 Å². The Labute approximate surface area is 145 Å². The zero-order chi connectivity index (χ0) is 16.8. The molecule has 2 aromatic rings. The van der Waals surface area contributed by atoms with Gasteiger partial charge in [0, 0.05) is 16.3 Å². The van der Waals surface area contributed by atoms with Crippen molar-refractivity contribution >= 4 is 40.5 Å². The molecule has 4 nitrogen and oxygen atoms in total. The molecule has 0 aliphatic carbocycles. The van der Waals surface area contributed by atoms with Crippen molar-refractivity contribution in [2.75, 3.05) is 11.9 Å². The molecule has 2 rings (SSSR count). The number of carbonyl (C=O) groups is 1. The molecule has 0 aromatic heterocycles. The van der Waals surface area contributed by atoms with Crippen molar-refractivity contribution in [2.24, 2.45) is 0 Å².